The number of amides is 1. The number of nitrogens with two attached hydrogens (primary N) is 1. The molecule has 0 bridgehead atoms. The minimum absolute atomic E-state index is 0.0563. The van der Waals surface area contributed by atoms with Crippen LogP contribution in [0.2, 0.25) is 0 Å². The maximum atomic E-state index is 13.4. The zero-order chi connectivity index (χ0) is 21.6. The van der Waals surface area contributed by atoms with Crippen LogP contribution in [0.1, 0.15) is 66.8 Å². The number of nitrogen functional groups attached to an aromatic ring is 1. The van der Waals surface area contributed by atoms with E-state index in [1.54, 1.807) is 4.90 Å². The van der Waals surface area contributed by atoms with Gasteiger partial charge < -0.3 is 15.4 Å². The third kappa shape index (κ3) is 3.72. The number of ether oxygens (including phenoxy) is 1. The molecule has 1 aliphatic heterocycles. The normalized spacial score (nSPS) is 22.8. The molecular formula is C23H26F2N4O2. The molecule has 0 unspecified atom stereocenters. The zero-order valence-electron chi connectivity index (χ0n) is 17.3. The SMILES string of the molecule is Nc1ncnc2c1C(=O)N(c1ccc(C3CCC4(CC3)CC(F)(F)C4)cc1)CCCO2. The molecule has 1 amide bonds. The van der Waals surface area contributed by atoms with E-state index in [2.05, 4.69) is 22.1 Å². The number of carbonyl (C=O) groups is 1. The molecule has 2 N–H and O–H groups in total. The van der Waals surface area contributed by atoms with Crippen molar-refractivity contribution in [2.75, 3.05) is 23.8 Å². The maximum Gasteiger partial charge on any atom is 0.267 e. The van der Waals surface area contributed by atoms with Gasteiger partial charge in [-0.3, -0.25) is 4.79 Å². The van der Waals surface area contributed by atoms with E-state index in [4.69, 9.17) is 10.5 Å². The Kier molecular flexibility index (Phi) is 4.83. The van der Waals surface area contributed by atoms with Gasteiger partial charge in [-0.1, -0.05) is 12.1 Å². The molecule has 8 heteroatoms. The van der Waals surface area contributed by atoms with Crippen LogP contribution in [0.3, 0.4) is 0 Å². The second-order valence-corrected chi connectivity index (χ2v) is 9.17. The molecule has 2 aliphatic carbocycles. The highest BCUT2D eigenvalue weighted by Gasteiger charge is 2.56. The van der Waals surface area contributed by atoms with Gasteiger partial charge in [0, 0.05) is 25.1 Å². The van der Waals surface area contributed by atoms with Gasteiger partial charge in [-0.25, -0.2) is 18.7 Å². The smallest absolute Gasteiger partial charge is 0.267 e. The monoisotopic (exact) mass is 428 g/mol. The summed E-state index contributed by atoms with van der Waals surface area (Å²) in [7, 11) is 0. The maximum absolute atomic E-state index is 13.4. The first-order chi connectivity index (χ1) is 14.9. The van der Waals surface area contributed by atoms with Gasteiger partial charge in [0.05, 0.1) is 6.61 Å². The van der Waals surface area contributed by atoms with Gasteiger partial charge in [0.15, 0.2) is 0 Å². The second kappa shape index (κ2) is 7.43. The number of nitrogens with zero attached hydrogens (tertiary/aromatic N) is 3. The van der Waals surface area contributed by atoms with Gasteiger partial charge in [0.25, 0.3) is 5.91 Å². The summed E-state index contributed by atoms with van der Waals surface area (Å²) in [6, 6.07) is 8.03. The van der Waals surface area contributed by atoms with Crippen LogP contribution in [0.15, 0.2) is 30.6 Å². The molecule has 1 spiro atoms. The highest BCUT2D eigenvalue weighted by atomic mass is 19.3. The summed E-state index contributed by atoms with van der Waals surface area (Å²) in [6.45, 7) is 0.945. The lowest BCUT2D eigenvalue weighted by Crippen LogP contribution is -2.47. The number of alkyl halides is 2. The summed E-state index contributed by atoms with van der Waals surface area (Å²) in [5.74, 6) is -2.01. The number of fused-ring (bicyclic) bond motifs is 1. The van der Waals surface area contributed by atoms with Gasteiger partial charge in [-0.2, -0.15) is 0 Å². The molecule has 3 aliphatic rings. The quantitative estimate of drug-likeness (QED) is 0.758. The van der Waals surface area contributed by atoms with E-state index in [0.29, 0.717) is 25.5 Å². The van der Waals surface area contributed by atoms with Crippen LogP contribution in [0.4, 0.5) is 20.3 Å². The predicted molar refractivity (Wildman–Crippen MR) is 112 cm³/mol. The molecule has 2 heterocycles. The number of hydrogen-bond acceptors (Lipinski definition) is 5. The minimum Gasteiger partial charge on any atom is -0.477 e. The molecule has 31 heavy (non-hydrogen) atoms. The van der Waals surface area contributed by atoms with E-state index < -0.39 is 5.92 Å². The van der Waals surface area contributed by atoms with Crippen molar-refractivity contribution in [2.45, 2.75) is 56.8 Å². The minimum atomic E-state index is -2.45. The van der Waals surface area contributed by atoms with Crippen LogP contribution in [0.25, 0.3) is 0 Å². The summed E-state index contributed by atoms with van der Waals surface area (Å²) >= 11 is 0. The Bertz CT molecular complexity index is 978. The molecule has 0 atom stereocenters. The fourth-order valence-electron chi connectivity index (χ4n) is 5.46. The Morgan fingerprint density at radius 3 is 2.48 bits per heavy atom. The third-order valence-electron chi connectivity index (χ3n) is 7.06. The van der Waals surface area contributed by atoms with Gasteiger partial charge in [0.1, 0.15) is 17.7 Å². The van der Waals surface area contributed by atoms with E-state index in [0.717, 1.165) is 31.4 Å². The van der Waals surface area contributed by atoms with Crippen LogP contribution in [0.5, 0.6) is 5.88 Å². The average molecular weight is 428 g/mol. The largest absolute Gasteiger partial charge is 0.477 e. The highest BCUT2D eigenvalue weighted by molar-refractivity contribution is 6.10. The molecule has 2 fully saturated rings. The number of carbonyl (C=O) groups excluding carboxylic acids is 1. The van der Waals surface area contributed by atoms with Crippen molar-refractivity contribution in [1.82, 2.24) is 9.97 Å². The lowest BCUT2D eigenvalue weighted by molar-refractivity contribution is -0.173. The zero-order valence-corrected chi connectivity index (χ0v) is 17.3. The van der Waals surface area contributed by atoms with Crippen molar-refractivity contribution in [1.29, 1.82) is 0 Å². The van der Waals surface area contributed by atoms with Crippen molar-refractivity contribution in [2.24, 2.45) is 5.41 Å². The molecule has 1 aromatic carbocycles. The lowest BCUT2D eigenvalue weighted by atomic mass is 9.57. The molecule has 0 saturated heterocycles. The van der Waals surface area contributed by atoms with Crippen LogP contribution >= 0.6 is 0 Å². The fraction of sp³-hybridized carbons (Fsp3) is 0.522. The van der Waals surface area contributed by atoms with E-state index in [9.17, 15) is 13.6 Å². The summed E-state index contributed by atoms with van der Waals surface area (Å²) in [6.07, 6.45) is 5.70. The summed E-state index contributed by atoms with van der Waals surface area (Å²) in [4.78, 5) is 22.9. The van der Waals surface area contributed by atoms with E-state index in [-0.39, 0.29) is 41.4 Å². The summed E-state index contributed by atoms with van der Waals surface area (Å²) in [5.41, 5.74) is 8.00. The standard InChI is InChI=1S/C23H26F2N4O2/c24-23(25)12-22(13-23)8-6-16(7-9-22)15-2-4-17(5-3-15)29-10-1-11-31-20-18(21(29)30)19(26)27-14-28-20/h2-5,14,16H,1,6-13H2,(H2,26,27,28). The number of hydrogen-bond donors (Lipinski definition) is 1. The van der Waals surface area contributed by atoms with Crippen LogP contribution < -0.4 is 15.4 Å². The number of benzene rings is 1. The number of halogens is 2. The molecule has 2 aromatic rings. The molecule has 5 rings (SSSR count). The molecule has 164 valence electrons. The van der Waals surface area contributed by atoms with E-state index >= 15 is 0 Å². The first-order valence-electron chi connectivity index (χ1n) is 10.9. The number of aromatic nitrogens is 2. The third-order valence-corrected chi connectivity index (χ3v) is 7.06. The Morgan fingerprint density at radius 1 is 1.10 bits per heavy atom. The van der Waals surface area contributed by atoms with Crippen molar-refractivity contribution in [3.05, 3.63) is 41.7 Å². The highest BCUT2D eigenvalue weighted by Crippen LogP contribution is 2.60. The molecule has 1 aromatic heterocycles. The van der Waals surface area contributed by atoms with E-state index in [1.807, 2.05) is 12.1 Å². The Hall–Kier alpha value is -2.77. The number of rotatable bonds is 2. The molecule has 0 radical (unpaired) electrons. The van der Waals surface area contributed by atoms with Gasteiger partial charge >= 0.3 is 0 Å². The predicted octanol–water partition coefficient (Wildman–Crippen LogP) is 4.56. The Balaban J connectivity index is 1.31. The molecule has 6 nitrogen and oxygen atoms in total. The average Bonchev–Trinajstić information content (AvgIpc) is 2.71. The topological polar surface area (TPSA) is 81.3 Å². The fourth-order valence-corrected chi connectivity index (χ4v) is 5.46. The Labute approximate surface area is 179 Å². The van der Waals surface area contributed by atoms with Crippen LogP contribution in [-0.2, 0) is 0 Å². The lowest BCUT2D eigenvalue weighted by Gasteiger charge is -2.51. The van der Waals surface area contributed by atoms with Gasteiger partial charge in [-0.15, -0.1) is 0 Å². The number of anilines is 2. The molecule has 2 saturated carbocycles. The van der Waals surface area contributed by atoms with Crippen molar-refractivity contribution in [3.8, 4) is 5.88 Å². The van der Waals surface area contributed by atoms with Crippen LogP contribution in [-0.4, -0.2) is 34.9 Å². The van der Waals surface area contributed by atoms with E-state index in [1.165, 1.54) is 11.9 Å². The summed E-state index contributed by atoms with van der Waals surface area (Å²) in [5, 5.41) is 0. The van der Waals surface area contributed by atoms with Gasteiger partial charge in [-0.05, 0) is 61.1 Å². The van der Waals surface area contributed by atoms with Crippen molar-refractivity contribution < 1.29 is 18.3 Å². The van der Waals surface area contributed by atoms with Gasteiger partial charge in [0.2, 0.25) is 11.8 Å². The van der Waals surface area contributed by atoms with Crippen molar-refractivity contribution in [3.63, 3.8) is 0 Å². The Morgan fingerprint density at radius 2 is 1.81 bits per heavy atom. The summed E-state index contributed by atoms with van der Waals surface area (Å²) < 4.78 is 32.3. The first kappa shape index (κ1) is 20.2. The first-order valence-corrected chi connectivity index (χ1v) is 10.9. The second-order valence-electron chi connectivity index (χ2n) is 9.17. The van der Waals surface area contributed by atoms with Crippen molar-refractivity contribution >= 4 is 17.4 Å². The molecular weight excluding hydrogens is 402 g/mol. The van der Waals surface area contributed by atoms with Crippen LogP contribution in [0, 0.1) is 5.41 Å².